The van der Waals surface area contributed by atoms with Crippen LogP contribution in [0.1, 0.15) is 36.8 Å². The quantitative estimate of drug-likeness (QED) is 0.158. The first-order chi connectivity index (χ1) is 12.2. The summed E-state index contributed by atoms with van der Waals surface area (Å²) in [7, 11) is 0. The van der Waals surface area contributed by atoms with Crippen LogP contribution in [0.3, 0.4) is 0 Å². The van der Waals surface area contributed by atoms with Gasteiger partial charge >= 0.3 is 0 Å². The van der Waals surface area contributed by atoms with Crippen molar-refractivity contribution in [3.05, 3.63) is 69.8 Å². The fourth-order valence-electron chi connectivity index (χ4n) is 2.31. The van der Waals surface area contributed by atoms with Gasteiger partial charge in [0.15, 0.2) is 0 Å². The normalized spacial score (nSPS) is 10.9. The van der Waals surface area contributed by atoms with Gasteiger partial charge in [0, 0.05) is 17.5 Å². The van der Waals surface area contributed by atoms with Crippen LogP contribution in [-0.2, 0) is 0 Å². The van der Waals surface area contributed by atoms with Crippen molar-refractivity contribution >= 4 is 33.8 Å². The molecule has 0 aliphatic carbocycles. The van der Waals surface area contributed by atoms with Gasteiger partial charge in [0.2, 0.25) is 0 Å². The molecule has 0 atom stereocenters. The number of nitrogens with zero attached hydrogens (tertiary/aromatic N) is 1. The molecule has 0 aliphatic rings. The first kappa shape index (κ1) is 19.2. The Hall–Kier alpha value is -2.14. The van der Waals surface area contributed by atoms with Crippen molar-refractivity contribution in [2.24, 2.45) is 0 Å². The highest BCUT2D eigenvalue weighted by Crippen LogP contribution is 2.17. The summed E-state index contributed by atoms with van der Waals surface area (Å²) in [4.78, 5) is 10.2. The third-order valence-corrected chi connectivity index (χ3v) is 4.31. The number of nitro groups is 1. The third-order valence-electron chi connectivity index (χ3n) is 3.75. The summed E-state index contributed by atoms with van der Waals surface area (Å²) in [6.45, 7) is 0.750. The van der Waals surface area contributed by atoms with Gasteiger partial charge < -0.3 is 4.74 Å². The van der Waals surface area contributed by atoms with E-state index < -0.39 is 4.92 Å². The lowest BCUT2D eigenvalue weighted by atomic mass is 10.1. The summed E-state index contributed by atoms with van der Waals surface area (Å²) in [5, 5.41) is 11.7. The lowest BCUT2D eigenvalue weighted by Gasteiger charge is -2.06. The van der Waals surface area contributed by atoms with Crippen LogP contribution in [0.2, 0.25) is 0 Å². The van der Waals surface area contributed by atoms with E-state index in [1.165, 1.54) is 31.4 Å². The van der Waals surface area contributed by atoms with Gasteiger partial charge in [0.1, 0.15) is 5.75 Å². The third kappa shape index (κ3) is 7.10. The van der Waals surface area contributed by atoms with E-state index in [0.29, 0.717) is 0 Å². The van der Waals surface area contributed by atoms with E-state index in [4.69, 9.17) is 4.74 Å². The zero-order valence-corrected chi connectivity index (χ0v) is 15.7. The highest BCUT2D eigenvalue weighted by molar-refractivity contribution is 9.09. The lowest BCUT2D eigenvalue weighted by molar-refractivity contribution is -0.384. The zero-order valence-electron chi connectivity index (χ0n) is 14.1. The minimum absolute atomic E-state index is 0.103. The number of hydrogen-bond donors (Lipinski definition) is 0. The molecule has 2 aromatic carbocycles. The average Bonchev–Trinajstić information content (AvgIpc) is 2.64. The molecule has 0 radical (unpaired) electrons. The predicted molar refractivity (Wildman–Crippen MR) is 106 cm³/mol. The summed E-state index contributed by atoms with van der Waals surface area (Å²) in [5.74, 6) is 0.882. The lowest BCUT2D eigenvalue weighted by Crippen LogP contribution is -1.97. The summed E-state index contributed by atoms with van der Waals surface area (Å²) >= 11 is 3.43. The standard InChI is InChI=1S/C20H22BrNO3/c21-15-3-1-2-4-16-25-20-13-9-18(10-14-20)6-5-17-7-11-19(12-8-17)22(23)24/h5-14H,1-4,15-16H2/b6-5+. The first-order valence-corrected chi connectivity index (χ1v) is 9.52. The summed E-state index contributed by atoms with van der Waals surface area (Å²) in [5.41, 5.74) is 2.09. The molecular weight excluding hydrogens is 382 g/mol. The monoisotopic (exact) mass is 403 g/mol. The minimum atomic E-state index is -0.395. The Bertz CT molecular complexity index is 681. The Morgan fingerprint density at radius 3 is 2.00 bits per heavy atom. The summed E-state index contributed by atoms with van der Waals surface area (Å²) in [6, 6.07) is 14.4. The van der Waals surface area contributed by atoms with Crippen molar-refractivity contribution < 1.29 is 9.66 Å². The Kier molecular flexibility index (Phi) is 8.19. The number of ether oxygens (including phenoxy) is 1. The van der Waals surface area contributed by atoms with Gasteiger partial charge in [-0.3, -0.25) is 10.1 Å². The maximum atomic E-state index is 10.6. The highest BCUT2D eigenvalue weighted by Gasteiger charge is 2.02. The molecular formula is C20H22BrNO3. The fourth-order valence-corrected chi connectivity index (χ4v) is 2.71. The van der Waals surface area contributed by atoms with Crippen LogP contribution in [0, 0.1) is 10.1 Å². The van der Waals surface area contributed by atoms with E-state index in [9.17, 15) is 10.1 Å². The molecule has 0 spiro atoms. The van der Waals surface area contributed by atoms with Gasteiger partial charge in [-0.2, -0.15) is 0 Å². The molecule has 0 saturated heterocycles. The number of non-ortho nitro benzene ring substituents is 1. The number of hydrogen-bond acceptors (Lipinski definition) is 3. The molecule has 0 aromatic heterocycles. The summed E-state index contributed by atoms with van der Waals surface area (Å²) < 4.78 is 5.74. The van der Waals surface area contributed by atoms with Crippen LogP contribution in [0.15, 0.2) is 48.5 Å². The van der Waals surface area contributed by atoms with Crippen LogP contribution in [0.5, 0.6) is 5.75 Å². The molecule has 0 unspecified atom stereocenters. The van der Waals surface area contributed by atoms with Crippen molar-refractivity contribution in [3.8, 4) is 5.75 Å². The predicted octanol–water partition coefficient (Wildman–Crippen LogP) is 6.10. The average molecular weight is 404 g/mol. The molecule has 0 saturated carbocycles. The SMILES string of the molecule is O=[N+]([O-])c1ccc(/C=C/c2ccc(OCCCCCCBr)cc2)cc1. The largest absolute Gasteiger partial charge is 0.494 e. The minimum Gasteiger partial charge on any atom is -0.494 e. The molecule has 4 nitrogen and oxygen atoms in total. The molecule has 0 bridgehead atoms. The fraction of sp³-hybridized carbons (Fsp3) is 0.300. The number of alkyl halides is 1. The second-order valence-electron chi connectivity index (χ2n) is 5.70. The van der Waals surface area contributed by atoms with Crippen molar-refractivity contribution in [1.29, 1.82) is 0 Å². The van der Waals surface area contributed by atoms with E-state index in [-0.39, 0.29) is 5.69 Å². The van der Waals surface area contributed by atoms with E-state index in [2.05, 4.69) is 15.9 Å². The van der Waals surface area contributed by atoms with Gasteiger partial charge in [0.25, 0.3) is 5.69 Å². The second-order valence-corrected chi connectivity index (χ2v) is 6.50. The van der Waals surface area contributed by atoms with Crippen molar-refractivity contribution in [3.63, 3.8) is 0 Å². The highest BCUT2D eigenvalue weighted by atomic mass is 79.9. The Balaban J connectivity index is 1.80. The second kappa shape index (κ2) is 10.7. The first-order valence-electron chi connectivity index (χ1n) is 8.40. The van der Waals surface area contributed by atoms with E-state index in [1.54, 1.807) is 12.1 Å². The molecule has 0 amide bonds. The van der Waals surface area contributed by atoms with E-state index in [1.807, 2.05) is 36.4 Å². The molecule has 25 heavy (non-hydrogen) atoms. The molecule has 2 rings (SSSR count). The number of rotatable bonds is 10. The Labute approximate surface area is 156 Å². The number of nitro benzene ring substituents is 1. The molecule has 2 aromatic rings. The molecule has 132 valence electrons. The Morgan fingerprint density at radius 1 is 0.880 bits per heavy atom. The zero-order chi connectivity index (χ0) is 17.9. The molecule has 0 N–H and O–H groups in total. The van der Waals surface area contributed by atoms with Gasteiger partial charge in [0.05, 0.1) is 11.5 Å². The van der Waals surface area contributed by atoms with E-state index in [0.717, 1.165) is 35.2 Å². The van der Waals surface area contributed by atoms with Crippen LogP contribution in [0.4, 0.5) is 5.69 Å². The van der Waals surface area contributed by atoms with E-state index >= 15 is 0 Å². The van der Waals surface area contributed by atoms with Crippen molar-refractivity contribution in [2.45, 2.75) is 25.7 Å². The van der Waals surface area contributed by atoms with Crippen LogP contribution in [0.25, 0.3) is 12.2 Å². The topological polar surface area (TPSA) is 52.4 Å². The van der Waals surface area contributed by atoms with Crippen LogP contribution >= 0.6 is 15.9 Å². The molecule has 5 heteroatoms. The maximum Gasteiger partial charge on any atom is 0.269 e. The van der Waals surface area contributed by atoms with Gasteiger partial charge in [-0.1, -0.05) is 53.1 Å². The summed E-state index contributed by atoms with van der Waals surface area (Å²) in [6.07, 6.45) is 8.64. The van der Waals surface area contributed by atoms with Crippen LogP contribution < -0.4 is 4.74 Å². The smallest absolute Gasteiger partial charge is 0.269 e. The van der Waals surface area contributed by atoms with Gasteiger partial charge in [-0.25, -0.2) is 0 Å². The van der Waals surface area contributed by atoms with Gasteiger partial charge in [-0.15, -0.1) is 0 Å². The maximum absolute atomic E-state index is 10.6. The van der Waals surface area contributed by atoms with Crippen molar-refractivity contribution in [1.82, 2.24) is 0 Å². The molecule has 0 fully saturated rings. The number of halogens is 1. The molecule has 0 heterocycles. The van der Waals surface area contributed by atoms with Crippen LogP contribution in [-0.4, -0.2) is 16.9 Å². The molecule has 0 aliphatic heterocycles. The van der Waals surface area contributed by atoms with Gasteiger partial charge in [-0.05, 0) is 48.2 Å². The van der Waals surface area contributed by atoms with Crippen molar-refractivity contribution in [2.75, 3.05) is 11.9 Å². The Morgan fingerprint density at radius 2 is 1.44 bits per heavy atom. The number of unbranched alkanes of at least 4 members (excludes halogenated alkanes) is 3. The number of benzene rings is 2.